The first kappa shape index (κ1) is 62.8. The van der Waals surface area contributed by atoms with Crippen molar-refractivity contribution in [3.05, 3.63) is 173 Å². The average molecular weight is 1100 g/mol. The summed E-state index contributed by atoms with van der Waals surface area (Å²) in [4.78, 5) is 35.9. The highest BCUT2D eigenvalue weighted by molar-refractivity contribution is 5.87. The summed E-state index contributed by atoms with van der Waals surface area (Å²) in [6.07, 6.45) is 21.2. The van der Waals surface area contributed by atoms with Crippen LogP contribution in [0.1, 0.15) is 105 Å². The fraction of sp³-hybridized carbons (Fsp3) is 0.470. The Labute approximate surface area is 476 Å². The minimum atomic E-state index is -0.396. The lowest BCUT2D eigenvalue weighted by atomic mass is 9.94. The maximum absolute atomic E-state index is 12.7. The second-order valence-corrected chi connectivity index (χ2v) is 20.8. The highest BCUT2D eigenvalue weighted by atomic mass is 16.5. The molecule has 3 aliphatic carbocycles. The number of carbonyl (C=O) groups excluding carboxylic acids is 2. The van der Waals surface area contributed by atoms with Gasteiger partial charge in [0.15, 0.2) is 0 Å². The van der Waals surface area contributed by atoms with Crippen LogP contribution in [0.15, 0.2) is 136 Å². The Balaban J connectivity index is 0.000000226. The molecule has 2 heterocycles. The molecule has 0 saturated heterocycles. The molecule has 0 amide bonds. The Morgan fingerprint density at radius 2 is 1.31 bits per heavy atom. The number of nitrogens with zero attached hydrogens (tertiary/aromatic N) is 3. The summed E-state index contributed by atoms with van der Waals surface area (Å²) in [6.45, 7) is 19.8. The standard InChI is InChI=1S/C33H44N2O5.C24H31NO5.C9H12N/c1-5-37-33(36)28(21-35(4)18-17-26-12-7-6-8-13-26)22-38-29-15-10-16-30(20-29)39-23-31-25(3)40-32(34-31)27-14-9-11-24(2)19-27;1-5-27-24(26)17(3)14-28-20-10-7-11-21(13-20)29-15-22-18(4)30-23(25-22)19-9-6-8-16(2)12-19;1-10-8-7-9-5-3-2-4-6-9/h6-9,11-14,19,28-30H,5,10,15-18,20-23H2,1-4H3;6,8-9,12,20-21H,3,5,7,10-11,13-15H2,1-2,4H3;2-7,10H,8H2,1H3/q;;+1/t28?,29-,30+;20-,21+;/m11./s1. The molecular weight excluding hydrogens is 1010 g/mol. The first-order valence-corrected chi connectivity index (χ1v) is 28.6. The Bertz CT molecular complexity index is 2760. The van der Waals surface area contributed by atoms with E-state index in [1.807, 2.05) is 89.4 Å². The lowest BCUT2D eigenvalue weighted by Crippen LogP contribution is -2.37. The number of aryl methyl sites for hydroxylation is 4. The minimum Gasteiger partial charge on any atom is -0.466 e. The monoisotopic (exact) mass is 1100 g/mol. The number of rotatable bonds is 25. The van der Waals surface area contributed by atoms with E-state index in [0.717, 1.165) is 105 Å². The largest absolute Gasteiger partial charge is 0.466 e. The van der Waals surface area contributed by atoms with Crippen LogP contribution in [0.3, 0.4) is 0 Å². The molecule has 0 bridgehead atoms. The second kappa shape index (κ2) is 34.0. The van der Waals surface area contributed by atoms with Gasteiger partial charge in [0.05, 0.1) is 81.1 Å². The van der Waals surface area contributed by atoms with Gasteiger partial charge < -0.3 is 47.5 Å². The van der Waals surface area contributed by atoms with Crippen LogP contribution in [0.25, 0.3) is 22.9 Å². The predicted octanol–water partition coefficient (Wildman–Crippen LogP) is 12.5. The first-order chi connectivity index (χ1) is 38.8. The molecule has 0 spiro atoms. The zero-order chi connectivity index (χ0) is 57.1. The first-order valence-electron chi connectivity index (χ1n) is 28.6. The van der Waals surface area contributed by atoms with E-state index in [9.17, 15) is 9.59 Å². The van der Waals surface area contributed by atoms with Gasteiger partial charge in [0.25, 0.3) is 0 Å². The highest BCUT2D eigenvalue weighted by Crippen LogP contribution is 2.30. The number of likely N-dealkylation sites (N-methyl/N-ethyl adjacent to an activating group) is 2. The van der Waals surface area contributed by atoms with Crippen molar-refractivity contribution in [3.63, 3.8) is 0 Å². The van der Waals surface area contributed by atoms with E-state index in [2.05, 4.69) is 96.8 Å². The van der Waals surface area contributed by atoms with Crippen molar-refractivity contribution in [2.45, 2.75) is 137 Å². The van der Waals surface area contributed by atoms with Gasteiger partial charge in [-0.1, -0.05) is 72.3 Å². The van der Waals surface area contributed by atoms with Gasteiger partial charge in [-0.3, -0.25) is 4.79 Å². The molecule has 3 aliphatic rings. The van der Waals surface area contributed by atoms with E-state index >= 15 is 0 Å². The van der Waals surface area contributed by atoms with E-state index in [-0.39, 0.29) is 42.9 Å². The van der Waals surface area contributed by atoms with Crippen LogP contribution in [0, 0.1) is 40.0 Å². The van der Waals surface area contributed by atoms with Crippen molar-refractivity contribution >= 4 is 11.9 Å². The molecule has 2 fully saturated rings. The molecule has 1 unspecified atom stereocenters. The number of benzene rings is 3. The van der Waals surface area contributed by atoms with E-state index in [1.165, 1.54) is 22.3 Å². The minimum absolute atomic E-state index is 0.0520. The van der Waals surface area contributed by atoms with Crippen LogP contribution < -0.4 is 5.32 Å². The smallest absolute Gasteiger partial charge is 0.335 e. The van der Waals surface area contributed by atoms with Crippen molar-refractivity contribution in [3.8, 4) is 22.9 Å². The number of aromatic nitrogens is 2. The number of allylic oxidation sites excluding steroid dienone is 5. The van der Waals surface area contributed by atoms with Gasteiger partial charge in [0, 0.05) is 67.6 Å². The molecule has 1 N–H and O–H groups in total. The maximum Gasteiger partial charge on any atom is 0.335 e. The molecule has 8 rings (SSSR count). The topological polar surface area (TPSA) is 157 Å². The van der Waals surface area contributed by atoms with Crippen LogP contribution in [0.5, 0.6) is 0 Å². The predicted molar refractivity (Wildman–Crippen MR) is 315 cm³/mol. The lowest BCUT2D eigenvalue weighted by Gasteiger charge is -2.30. The number of hydrogen-bond donors (Lipinski definition) is 1. The molecule has 3 aromatic carbocycles. The van der Waals surface area contributed by atoms with E-state index in [4.69, 9.17) is 42.2 Å². The molecular formula is C66H87N4O10+. The van der Waals surface area contributed by atoms with Crippen molar-refractivity contribution in [1.29, 1.82) is 0 Å². The molecule has 430 valence electrons. The summed E-state index contributed by atoms with van der Waals surface area (Å²) < 4.78 is 46.7. The van der Waals surface area contributed by atoms with Crippen molar-refractivity contribution in [1.82, 2.24) is 20.2 Å². The molecule has 14 nitrogen and oxygen atoms in total. The van der Waals surface area contributed by atoms with Crippen LogP contribution >= 0.6 is 0 Å². The zero-order valence-corrected chi connectivity index (χ0v) is 48.7. The molecule has 2 saturated carbocycles. The fourth-order valence-electron chi connectivity index (χ4n) is 9.59. The Kier molecular flexibility index (Phi) is 26.7. The summed E-state index contributed by atoms with van der Waals surface area (Å²) in [6, 6.07) is 26.7. The summed E-state index contributed by atoms with van der Waals surface area (Å²) in [7, 11) is 4.00. The third kappa shape index (κ3) is 21.6. The van der Waals surface area contributed by atoms with Crippen molar-refractivity contribution in [2.75, 3.05) is 60.2 Å². The van der Waals surface area contributed by atoms with Gasteiger partial charge in [-0.25, -0.2) is 14.8 Å². The van der Waals surface area contributed by atoms with Gasteiger partial charge in [0.2, 0.25) is 11.8 Å². The molecule has 0 aliphatic heterocycles. The van der Waals surface area contributed by atoms with Crippen molar-refractivity contribution in [2.24, 2.45) is 5.92 Å². The van der Waals surface area contributed by atoms with E-state index in [1.54, 1.807) is 6.92 Å². The van der Waals surface area contributed by atoms with Crippen LogP contribution in [-0.2, 0) is 57.6 Å². The number of carbonyl (C=O) groups is 2. The molecule has 0 radical (unpaired) electrons. The van der Waals surface area contributed by atoms with E-state index in [0.29, 0.717) is 56.9 Å². The average Bonchev–Trinajstić information content (AvgIpc) is 4.07. The quantitative estimate of drug-likeness (QED) is 0.0334. The van der Waals surface area contributed by atoms with Gasteiger partial charge >= 0.3 is 11.9 Å². The summed E-state index contributed by atoms with van der Waals surface area (Å²) in [5.41, 5.74) is 8.85. The number of esters is 2. The molecule has 5 atom stereocenters. The zero-order valence-electron chi connectivity index (χ0n) is 48.7. The number of oxazole rings is 2. The summed E-state index contributed by atoms with van der Waals surface area (Å²) >= 11 is 0. The van der Waals surface area contributed by atoms with E-state index < -0.39 is 5.97 Å². The SMILES string of the molecule is C=C(CO[C@@H]1CCC[C@H](OCc2nc(-c3cccc(C)c3)oc2C)C1)C(=O)OCC.CCOC(=O)C(CO[C@@H]1CCC[C@H](OCc2nc(-c3cccc(C)c3)oc2C)C1)CN(C)CCc1ccccc1.CNCC=C1C=CC=C[CH+]1. The van der Waals surface area contributed by atoms with Gasteiger partial charge in [-0.2, -0.15) is 0 Å². The third-order valence-corrected chi connectivity index (χ3v) is 14.1. The maximum atomic E-state index is 12.7. The molecule has 5 aromatic rings. The molecule has 80 heavy (non-hydrogen) atoms. The molecule has 2 aromatic heterocycles. The van der Waals surface area contributed by atoms with Gasteiger partial charge in [-0.15, -0.1) is 0 Å². The third-order valence-electron chi connectivity index (χ3n) is 14.1. The normalized spacial score (nSPS) is 18.6. The number of ether oxygens (including phenoxy) is 6. The fourth-order valence-corrected chi connectivity index (χ4v) is 9.59. The lowest BCUT2D eigenvalue weighted by molar-refractivity contribution is -0.152. The van der Waals surface area contributed by atoms with Gasteiger partial charge in [0.1, 0.15) is 22.9 Å². The highest BCUT2D eigenvalue weighted by Gasteiger charge is 2.29. The number of hydrogen-bond acceptors (Lipinski definition) is 14. The Hall–Kier alpha value is -6.39. The van der Waals surface area contributed by atoms with Crippen molar-refractivity contribution < 1.29 is 46.8 Å². The number of nitrogens with one attached hydrogen (secondary N) is 1. The summed E-state index contributed by atoms with van der Waals surface area (Å²) in [5, 5.41) is 3.06. The molecule has 14 heteroatoms. The van der Waals surface area contributed by atoms with Crippen LogP contribution in [0.4, 0.5) is 0 Å². The Morgan fingerprint density at radius 1 is 0.750 bits per heavy atom. The second-order valence-electron chi connectivity index (χ2n) is 20.8. The Morgan fingerprint density at radius 3 is 1.84 bits per heavy atom. The van der Waals surface area contributed by atoms with Gasteiger partial charge in [-0.05, 0) is 143 Å². The summed E-state index contributed by atoms with van der Waals surface area (Å²) in [5.74, 6) is 1.91. The van der Waals surface area contributed by atoms with Crippen LogP contribution in [-0.4, -0.2) is 111 Å². The van der Waals surface area contributed by atoms with Crippen LogP contribution in [0.2, 0.25) is 0 Å².